The van der Waals surface area contributed by atoms with E-state index >= 15 is 0 Å². The minimum atomic E-state index is -0.495. The molecule has 0 aliphatic carbocycles. The van der Waals surface area contributed by atoms with Gasteiger partial charge in [0.1, 0.15) is 5.75 Å². The predicted molar refractivity (Wildman–Crippen MR) is 74.4 cm³/mol. The molecular weight excluding hydrogens is 244 g/mol. The molecule has 1 N–H and O–H groups in total. The van der Waals surface area contributed by atoms with Crippen molar-refractivity contribution in [3.63, 3.8) is 0 Å². The second kappa shape index (κ2) is 8.15. The molecule has 4 heteroatoms. The van der Waals surface area contributed by atoms with Crippen molar-refractivity contribution >= 4 is 0 Å². The fourth-order valence-electron chi connectivity index (χ4n) is 1.78. The van der Waals surface area contributed by atoms with E-state index in [9.17, 15) is 5.11 Å². The third kappa shape index (κ3) is 5.19. The molecule has 1 rings (SSSR count). The van der Waals surface area contributed by atoms with Crippen LogP contribution in [0.4, 0.5) is 0 Å². The van der Waals surface area contributed by atoms with Crippen LogP contribution in [-0.4, -0.2) is 31.5 Å². The molecule has 108 valence electrons. The van der Waals surface area contributed by atoms with E-state index in [-0.39, 0.29) is 6.10 Å². The van der Waals surface area contributed by atoms with Crippen LogP contribution in [0.3, 0.4) is 0 Å². The first-order chi connectivity index (χ1) is 9.08. The molecule has 0 saturated carbocycles. The fourth-order valence-corrected chi connectivity index (χ4v) is 1.78. The van der Waals surface area contributed by atoms with Gasteiger partial charge in [-0.2, -0.15) is 0 Å². The lowest BCUT2D eigenvalue weighted by Crippen LogP contribution is -2.15. The quantitative estimate of drug-likeness (QED) is 0.787. The number of hydrogen-bond donors (Lipinski definition) is 1. The molecule has 2 atom stereocenters. The van der Waals surface area contributed by atoms with E-state index in [4.69, 9.17) is 14.2 Å². The van der Waals surface area contributed by atoms with Gasteiger partial charge in [-0.05, 0) is 38.5 Å². The van der Waals surface area contributed by atoms with Crippen molar-refractivity contribution in [2.24, 2.45) is 0 Å². The summed E-state index contributed by atoms with van der Waals surface area (Å²) in [6, 6.07) is 5.68. The molecule has 0 aromatic heterocycles. The first-order valence-electron chi connectivity index (χ1n) is 6.62. The highest BCUT2D eigenvalue weighted by atomic mass is 16.5. The molecule has 1 aromatic carbocycles. The molecule has 0 aliphatic heterocycles. The number of aliphatic hydroxyl groups excluding tert-OH is 1. The maximum atomic E-state index is 9.63. The summed E-state index contributed by atoms with van der Waals surface area (Å²) in [5, 5.41) is 9.63. The molecule has 0 saturated heterocycles. The Morgan fingerprint density at radius 3 is 2.58 bits per heavy atom. The minimum absolute atomic E-state index is 0.0229. The van der Waals surface area contributed by atoms with Gasteiger partial charge in [0.05, 0.1) is 32.0 Å². The second-order valence-corrected chi connectivity index (χ2v) is 4.55. The Morgan fingerprint density at radius 2 is 2.00 bits per heavy atom. The van der Waals surface area contributed by atoms with Gasteiger partial charge in [-0.25, -0.2) is 0 Å². The summed E-state index contributed by atoms with van der Waals surface area (Å²) in [6.07, 6.45) is -0.472. The van der Waals surface area contributed by atoms with E-state index < -0.39 is 6.10 Å². The molecule has 2 unspecified atom stereocenters. The molecule has 0 radical (unpaired) electrons. The van der Waals surface area contributed by atoms with E-state index in [1.54, 1.807) is 14.0 Å². The lowest BCUT2D eigenvalue weighted by atomic mass is 10.1. The van der Waals surface area contributed by atoms with Crippen molar-refractivity contribution in [1.82, 2.24) is 0 Å². The summed E-state index contributed by atoms with van der Waals surface area (Å²) in [5.41, 5.74) is 1.81. The third-order valence-corrected chi connectivity index (χ3v) is 2.79. The van der Waals surface area contributed by atoms with Gasteiger partial charge >= 0.3 is 0 Å². The Hall–Kier alpha value is -1.10. The van der Waals surface area contributed by atoms with Crippen molar-refractivity contribution in [2.75, 3.05) is 20.3 Å². The molecule has 0 aliphatic rings. The zero-order chi connectivity index (χ0) is 14.3. The molecular formula is C15H24O4. The SMILES string of the molecule is CCOc1ccc(C(C)O)cc1COC(C)COC. The standard InChI is InChI=1S/C15H24O4/c1-5-18-15-7-6-13(12(3)16)8-14(15)10-19-11(2)9-17-4/h6-8,11-12,16H,5,9-10H2,1-4H3. The third-order valence-electron chi connectivity index (χ3n) is 2.79. The van der Waals surface area contributed by atoms with Crippen LogP contribution < -0.4 is 4.74 Å². The summed E-state index contributed by atoms with van der Waals surface area (Å²) in [6.45, 7) is 7.26. The molecule has 0 bridgehead atoms. The molecule has 0 heterocycles. The monoisotopic (exact) mass is 268 g/mol. The molecule has 0 amide bonds. The Kier molecular flexibility index (Phi) is 6.84. The van der Waals surface area contributed by atoms with E-state index in [0.717, 1.165) is 16.9 Å². The number of aliphatic hydroxyl groups is 1. The Labute approximate surface area is 115 Å². The Bertz CT molecular complexity index is 376. The summed E-state index contributed by atoms with van der Waals surface area (Å²) in [7, 11) is 1.65. The molecule has 1 aromatic rings. The van der Waals surface area contributed by atoms with Crippen molar-refractivity contribution < 1.29 is 19.3 Å². The van der Waals surface area contributed by atoms with Crippen LogP contribution >= 0.6 is 0 Å². The van der Waals surface area contributed by atoms with Crippen LogP contribution in [-0.2, 0) is 16.1 Å². The maximum absolute atomic E-state index is 9.63. The second-order valence-electron chi connectivity index (χ2n) is 4.55. The molecule has 4 nitrogen and oxygen atoms in total. The van der Waals surface area contributed by atoms with Gasteiger partial charge in [0.2, 0.25) is 0 Å². The normalized spacial score (nSPS) is 14.2. The lowest BCUT2D eigenvalue weighted by molar-refractivity contribution is -0.000911. The Balaban J connectivity index is 2.78. The highest BCUT2D eigenvalue weighted by Crippen LogP contribution is 2.24. The minimum Gasteiger partial charge on any atom is -0.494 e. The number of ether oxygens (including phenoxy) is 3. The van der Waals surface area contributed by atoms with Crippen LogP contribution in [0.5, 0.6) is 5.75 Å². The van der Waals surface area contributed by atoms with Crippen LogP contribution in [0.25, 0.3) is 0 Å². The highest BCUT2D eigenvalue weighted by Gasteiger charge is 2.10. The van der Waals surface area contributed by atoms with Gasteiger partial charge in [-0.1, -0.05) is 6.07 Å². The summed E-state index contributed by atoms with van der Waals surface area (Å²) in [5.74, 6) is 0.802. The van der Waals surface area contributed by atoms with Crippen molar-refractivity contribution in [2.45, 2.75) is 39.6 Å². The van der Waals surface area contributed by atoms with E-state index in [2.05, 4.69) is 0 Å². The number of rotatable bonds is 8. The average Bonchev–Trinajstić information content (AvgIpc) is 2.38. The van der Waals surface area contributed by atoms with Gasteiger partial charge in [0, 0.05) is 12.7 Å². The molecule has 0 fully saturated rings. The summed E-state index contributed by atoms with van der Waals surface area (Å²) < 4.78 is 16.3. The van der Waals surface area contributed by atoms with Gasteiger partial charge in [0.15, 0.2) is 0 Å². The van der Waals surface area contributed by atoms with Crippen LogP contribution in [0.15, 0.2) is 18.2 Å². The average molecular weight is 268 g/mol. The van der Waals surface area contributed by atoms with Gasteiger partial charge < -0.3 is 19.3 Å². The van der Waals surface area contributed by atoms with Gasteiger partial charge in [-0.3, -0.25) is 0 Å². The van der Waals surface area contributed by atoms with Gasteiger partial charge in [-0.15, -0.1) is 0 Å². The zero-order valence-corrected chi connectivity index (χ0v) is 12.2. The summed E-state index contributed by atoms with van der Waals surface area (Å²) in [4.78, 5) is 0. The Morgan fingerprint density at radius 1 is 1.26 bits per heavy atom. The van der Waals surface area contributed by atoms with Crippen LogP contribution in [0, 0.1) is 0 Å². The van der Waals surface area contributed by atoms with Gasteiger partial charge in [0.25, 0.3) is 0 Å². The maximum Gasteiger partial charge on any atom is 0.124 e. The largest absolute Gasteiger partial charge is 0.494 e. The smallest absolute Gasteiger partial charge is 0.124 e. The molecule has 19 heavy (non-hydrogen) atoms. The lowest BCUT2D eigenvalue weighted by Gasteiger charge is -2.16. The molecule has 0 spiro atoms. The first kappa shape index (κ1) is 16.0. The van der Waals surface area contributed by atoms with E-state index in [0.29, 0.717) is 19.8 Å². The predicted octanol–water partition coefficient (Wildman–Crippen LogP) is 2.69. The number of benzene rings is 1. The van der Waals surface area contributed by atoms with Crippen molar-refractivity contribution in [3.05, 3.63) is 29.3 Å². The number of hydrogen-bond acceptors (Lipinski definition) is 4. The number of methoxy groups -OCH3 is 1. The first-order valence-corrected chi connectivity index (χ1v) is 6.62. The van der Waals surface area contributed by atoms with E-state index in [1.807, 2.05) is 32.0 Å². The topological polar surface area (TPSA) is 47.9 Å². The zero-order valence-electron chi connectivity index (χ0n) is 12.2. The van der Waals surface area contributed by atoms with Crippen LogP contribution in [0.1, 0.15) is 38.0 Å². The highest BCUT2D eigenvalue weighted by molar-refractivity contribution is 5.37. The van der Waals surface area contributed by atoms with Crippen LogP contribution in [0.2, 0.25) is 0 Å². The summed E-state index contributed by atoms with van der Waals surface area (Å²) >= 11 is 0. The van der Waals surface area contributed by atoms with Crippen molar-refractivity contribution in [1.29, 1.82) is 0 Å². The van der Waals surface area contributed by atoms with E-state index in [1.165, 1.54) is 0 Å². The fraction of sp³-hybridized carbons (Fsp3) is 0.600. The van der Waals surface area contributed by atoms with Crippen molar-refractivity contribution in [3.8, 4) is 5.75 Å².